The second-order valence-corrected chi connectivity index (χ2v) is 5.78. The zero-order valence-corrected chi connectivity index (χ0v) is 16.8. The lowest BCUT2D eigenvalue weighted by molar-refractivity contribution is 0.114. The number of ether oxygens (including phenoxy) is 1. The van der Waals surface area contributed by atoms with Crippen LogP contribution in [0.15, 0.2) is 17.4 Å². The van der Waals surface area contributed by atoms with E-state index in [0.717, 1.165) is 51.9 Å². The number of nitrogens with zero attached hydrogens (tertiary/aromatic N) is 4. The molecule has 1 aliphatic rings. The monoisotopic (exact) mass is 435 g/mol. The minimum absolute atomic E-state index is 0. The van der Waals surface area contributed by atoms with E-state index >= 15 is 0 Å². The molecular formula is C16H30IN5O. The summed E-state index contributed by atoms with van der Waals surface area (Å²) >= 11 is 0. The van der Waals surface area contributed by atoms with Crippen LogP contribution in [0.2, 0.25) is 0 Å². The lowest BCUT2D eigenvalue weighted by Crippen LogP contribution is -2.40. The fourth-order valence-electron chi connectivity index (χ4n) is 2.72. The maximum atomic E-state index is 5.55. The summed E-state index contributed by atoms with van der Waals surface area (Å²) in [5.74, 6) is 1.64. The molecule has 6 nitrogen and oxygen atoms in total. The first-order chi connectivity index (χ1) is 10.7. The van der Waals surface area contributed by atoms with E-state index in [9.17, 15) is 0 Å². The average Bonchev–Trinajstić information content (AvgIpc) is 3.13. The number of likely N-dealkylation sites (tertiary alicyclic amines) is 1. The minimum atomic E-state index is 0. The van der Waals surface area contributed by atoms with Crippen molar-refractivity contribution < 1.29 is 4.74 Å². The number of hydrogen-bond donors (Lipinski definition) is 1. The number of aromatic nitrogens is 2. The van der Waals surface area contributed by atoms with Crippen molar-refractivity contribution in [2.24, 2.45) is 10.9 Å². The molecule has 1 saturated heterocycles. The van der Waals surface area contributed by atoms with Crippen LogP contribution < -0.4 is 5.32 Å². The first kappa shape index (κ1) is 20.2. The first-order valence-electron chi connectivity index (χ1n) is 8.33. The summed E-state index contributed by atoms with van der Waals surface area (Å²) in [7, 11) is 0. The van der Waals surface area contributed by atoms with Crippen LogP contribution in [0.5, 0.6) is 0 Å². The molecule has 0 aliphatic carbocycles. The maximum absolute atomic E-state index is 5.55. The fourth-order valence-corrected chi connectivity index (χ4v) is 2.72. The van der Waals surface area contributed by atoms with Crippen molar-refractivity contribution in [3.63, 3.8) is 0 Å². The molecule has 1 atom stereocenters. The quantitative estimate of drug-likeness (QED) is 0.405. The van der Waals surface area contributed by atoms with Gasteiger partial charge in [0.1, 0.15) is 0 Å². The molecule has 7 heteroatoms. The Morgan fingerprint density at radius 3 is 2.96 bits per heavy atom. The molecule has 1 unspecified atom stereocenters. The normalized spacial score (nSPS) is 18.1. The minimum Gasteiger partial charge on any atom is -0.381 e. The van der Waals surface area contributed by atoms with E-state index in [1.165, 1.54) is 12.0 Å². The SMILES string of the molecule is CCNC(=NCCn1cc(C)cn1)N1CCC(COCC)C1.I. The predicted molar refractivity (Wildman–Crippen MR) is 105 cm³/mol. The Bertz CT molecular complexity index is 477. The second-order valence-electron chi connectivity index (χ2n) is 5.78. The van der Waals surface area contributed by atoms with Crippen LogP contribution in [0, 0.1) is 12.8 Å². The van der Waals surface area contributed by atoms with Gasteiger partial charge in [0.15, 0.2) is 5.96 Å². The molecule has 1 aromatic heterocycles. The smallest absolute Gasteiger partial charge is 0.193 e. The van der Waals surface area contributed by atoms with Gasteiger partial charge >= 0.3 is 0 Å². The van der Waals surface area contributed by atoms with Gasteiger partial charge in [0.2, 0.25) is 0 Å². The fraction of sp³-hybridized carbons (Fsp3) is 0.750. The molecule has 23 heavy (non-hydrogen) atoms. The number of aryl methyl sites for hydroxylation is 1. The molecule has 0 spiro atoms. The molecule has 1 aromatic rings. The highest BCUT2D eigenvalue weighted by molar-refractivity contribution is 14.0. The molecule has 132 valence electrons. The highest BCUT2D eigenvalue weighted by Crippen LogP contribution is 2.16. The maximum Gasteiger partial charge on any atom is 0.193 e. The molecule has 2 rings (SSSR count). The van der Waals surface area contributed by atoms with E-state index in [-0.39, 0.29) is 24.0 Å². The van der Waals surface area contributed by atoms with Crippen LogP contribution in [0.4, 0.5) is 0 Å². The average molecular weight is 435 g/mol. The van der Waals surface area contributed by atoms with Crippen molar-refractivity contribution in [1.82, 2.24) is 20.0 Å². The predicted octanol–water partition coefficient (Wildman–Crippen LogP) is 2.13. The van der Waals surface area contributed by atoms with Crippen LogP contribution in [0.1, 0.15) is 25.8 Å². The van der Waals surface area contributed by atoms with Crippen molar-refractivity contribution in [3.8, 4) is 0 Å². The topological polar surface area (TPSA) is 54.7 Å². The number of guanidine groups is 1. The Balaban J connectivity index is 0.00000264. The van der Waals surface area contributed by atoms with E-state index in [0.29, 0.717) is 5.92 Å². The molecule has 1 aliphatic heterocycles. The zero-order valence-electron chi connectivity index (χ0n) is 14.5. The third-order valence-corrected chi connectivity index (χ3v) is 3.83. The zero-order chi connectivity index (χ0) is 15.8. The lowest BCUT2D eigenvalue weighted by Gasteiger charge is -2.21. The summed E-state index contributed by atoms with van der Waals surface area (Å²) in [5, 5.41) is 7.70. The van der Waals surface area contributed by atoms with Gasteiger partial charge in [-0.1, -0.05) is 0 Å². The summed E-state index contributed by atoms with van der Waals surface area (Å²) in [5.41, 5.74) is 1.19. The van der Waals surface area contributed by atoms with Gasteiger partial charge in [-0.05, 0) is 32.8 Å². The van der Waals surface area contributed by atoms with Gasteiger partial charge in [0, 0.05) is 38.4 Å². The van der Waals surface area contributed by atoms with Gasteiger partial charge in [-0.2, -0.15) is 5.10 Å². The van der Waals surface area contributed by atoms with Crippen molar-refractivity contribution in [3.05, 3.63) is 18.0 Å². The summed E-state index contributed by atoms with van der Waals surface area (Å²) < 4.78 is 7.50. The van der Waals surface area contributed by atoms with E-state index in [2.05, 4.69) is 42.3 Å². The van der Waals surface area contributed by atoms with Gasteiger partial charge in [-0.3, -0.25) is 9.67 Å². The molecule has 0 radical (unpaired) electrons. The van der Waals surface area contributed by atoms with Gasteiger partial charge in [-0.15, -0.1) is 24.0 Å². The Hall–Kier alpha value is -0.830. The summed E-state index contributed by atoms with van der Waals surface area (Å²) in [6.45, 7) is 12.4. The first-order valence-corrected chi connectivity index (χ1v) is 8.33. The molecule has 0 saturated carbocycles. The van der Waals surface area contributed by atoms with Crippen molar-refractivity contribution >= 4 is 29.9 Å². The molecule has 1 N–H and O–H groups in total. The summed E-state index contributed by atoms with van der Waals surface area (Å²) in [6.07, 6.45) is 5.12. The Morgan fingerprint density at radius 2 is 2.30 bits per heavy atom. The van der Waals surface area contributed by atoms with Gasteiger partial charge in [0.25, 0.3) is 0 Å². The molecule has 2 heterocycles. The summed E-state index contributed by atoms with van der Waals surface area (Å²) in [6, 6.07) is 0. The molecule has 0 bridgehead atoms. The van der Waals surface area contributed by atoms with Crippen LogP contribution in [0.25, 0.3) is 0 Å². The van der Waals surface area contributed by atoms with Crippen LogP contribution in [0.3, 0.4) is 0 Å². The van der Waals surface area contributed by atoms with E-state index < -0.39 is 0 Å². The molecule has 1 fully saturated rings. The number of nitrogens with one attached hydrogen (secondary N) is 1. The van der Waals surface area contributed by atoms with Gasteiger partial charge < -0.3 is 15.0 Å². The number of rotatable bonds is 7. The number of aliphatic imine (C=N–C) groups is 1. The van der Waals surface area contributed by atoms with Gasteiger partial charge in [-0.25, -0.2) is 0 Å². The van der Waals surface area contributed by atoms with Crippen molar-refractivity contribution in [1.29, 1.82) is 0 Å². The molecular weight excluding hydrogens is 405 g/mol. The van der Waals surface area contributed by atoms with Crippen LogP contribution in [-0.2, 0) is 11.3 Å². The van der Waals surface area contributed by atoms with Crippen LogP contribution >= 0.6 is 24.0 Å². The Morgan fingerprint density at radius 1 is 1.48 bits per heavy atom. The van der Waals surface area contributed by atoms with Crippen LogP contribution in [-0.4, -0.2) is 60.0 Å². The Kier molecular flexibility index (Phi) is 9.54. The highest BCUT2D eigenvalue weighted by Gasteiger charge is 2.24. The standard InChI is InChI=1S/C16H29N5O.HI/c1-4-17-16(18-7-9-21-11-14(3)10-19-21)20-8-6-15(12-20)13-22-5-2;/h10-11,15H,4-9,12-13H2,1-3H3,(H,17,18);1H. The molecule has 0 aromatic carbocycles. The van der Waals surface area contributed by atoms with E-state index in [4.69, 9.17) is 9.73 Å². The van der Waals surface area contributed by atoms with E-state index in [1.54, 1.807) is 0 Å². The summed E-state index contributed by atoms with van der Waals surface area (Å²) in [4.78, 5) is 7.09. The third-order valence-electron chi connectivity index (χ3n) is 3.83. The highest BCUT2D eigenvalue weighted by atomic mass is 127. The Labute approximate surface area is 156 Å². The van der Waals surface area contributed by atoms with Gasteiger partial charge in [0.05, 0.1) is 25.9 Å². The third kappa shape index (κ3) is 6.66. The van der Waals surface area contributed by atoms with E-state index in [1.807, 2.05) is 10.9 Å². The second kappa shape index (κ2) is 10.9. The van der Waals surface area contributed by atoms with Crippen molar-refractivity contribution in [2.75, 3.05) is 39.4 Å². The number of halogens is 1. The van der Waals surface area contributed by atoms with Crippen molar-refractivity contribution in [2.45, 2.75) is 33.7 Å². The number of hydrogen-bond acceptors (Lipinski definition) is 3. The molecule has 0 amide bonds. The largest absolute Gasteiger partial charge is 0.381 e. The lowest BCUT2D eigenvalue weighted by atomic mass is 10.1.